The number of thioether (sulfide) groups is 2. The molecular formula is C12H19N3O2S2. The third-order valence-corrected chi connectivity index (χ3v) is 7.09. The van der Waals surface area contributed by atoms with E-state index in [1.807, 2.05) is 23.5 Å². The lowest BCUT2D eigenvalue weighted by Gasteiger charge is -2.29. The normalized spacial score (nSPS) is 39.6. The molecule has 0 aliphatic carbocycles. The fourth-order valence-electron chi connectivity index (χ4n) is 2.34. The highest BCUT2D eigenvalue weighted by Crippen LogP contribution is 2.43. The van der Waals surface area contributed by atoms with Gasteiger partial charge < -0.3 is 14.9 Å². The lowest BCUT2D eigenvalue weighted by atomic mass is 10.2. The van der Waals surface area contributed by atoms with E-state index >= 15 is 0 Å². The number of nitrogens with one attached hydrogen (secondary N) is 1. The summed E-state index contributed by atoms with van der Waals surface area (Å²) in [7, 11) is 0. The van der Waals surface area contributed by atoms with E-state index < -0.39 is 0 Å². The van der Waals surface area contributed by atoms with Crippen molar-refractivity contribution in [2.75, 3.05) is 12.3 Å². The zero-order chi connectivity index (χ0) is 13.4. The molecular weight excluding hydrogens is 282 g/mol. The Morgan fingerprint density at radius 3 is 2.89 bits per heavy atom. The zero-order valence-electron chi connectivity index (χ0n) is 11.1. The van der Waals surface area contributed by atoms with Crippen LogP contribution in [0.25, 0.3) is 0 Å². The summed E-state index contributed by atoms with van der Waals surface area (Å²) in [4.78, 5) is 4.52. The van der Waals surface area contributed by atoms with Gasteiger partial charge in [-0.3, -0.25) is 0 Å². The fraction of sp³-hybridized carbons (Fsp3) is 0.833. The predicted octanol–water partition coefficient (Wildman–Crippen LogP) is 1.76. The molecule has 3 heterocycles. The Morgan fingerprint density at radius 2 is 2.21 bits per heavy atom. The summed E-state index contributed by atoms with van der Waals surface area (Å²) >= 11 is 3.90. The van der Waals surface area contributed by atoms with Gasteiger partial charge in [-0.1, -0.05) is 19.0 Å². The van der Waals surface area contributed by atoms with Crippen LogP contribution in [0, 0.1) is 0 Å². The number of hydrogen-bond acceptors (Lipinski definition) is 7. The molecule has 0 saturated carbocycles. The maximum atomic E-state index is 9.52. The highest BCUT2D eigenvalue weighted by molar-refractivity contribution is 8.07. The quantitative estimate of drug-likeness (QED) is 0.862. The molecule has 7 heteroatoms. The maximum Gasteiger partial charge on any atom is 0.243 e. The second kappa shape index (κ2) is 5.63. The van der Waals surface area contributed by atoms with Gasteiger partial charge in [-0.05, 0) is 6.42 Å². The second-order valence-electron chi connectivity index (χ2n) is 5.21. The van der Waals surface area contributed by atoms with Gasteiger partial charge >= 0.3 is 0 Å². The molecule has 2 fully saturated rings. The zero-order valence-corrected chi connectivity index (χ0v) is 12.7. The summed E-state index contributed by atoms with van der Waals surface area (Å²) in [5.41, 5.74) is 0. The fourth-order valence-corrected chi connectivity index (χ4v) is 5.18. The maximum absolute atomic E-state index is 9.52. The van der Waals surface area contributed by atoms with Gasteiger partial charge in [-0.15, -0.1) is 11.8 Å². The molecule has 1 aromatic heterocycles. The summed E-state index contributed by atoms with van der Waals surface area (Å²) in [6.45, 7) is 5.12. The number of aromatic nitrogens is 2. The van der Waals surface area contributed by atoms with E-state index in [0.717, 1.165) is 11.6 Å². The first-order valence-electron chi connectivity index (χ1n) is 6.65. The molecule has 5 nitrogen and oxygen atoms in total. The Labute approximate surface area is 121 Å². The minimum atomic E-state index is -0.305. The predicted molar refractivity (Wildman–Crippen MR) is 77.4 cm³/mol. The number of nitrogens with zero attached hydrogens (tertiary/aromatic N) is 2. The van der Waals surface area contributed by atoms with Crippen molar-refractivity contribution < 1.29 is 9.63 Å². The van der Waals surface area contributed by atoms with Crippen molar-refractivity contribution in [3.63, 3.8) is 0 Å². The lowest BCUT2D eigenvalue weighted by molar-refractivity contribution is 0.191. The topological polar surface area (TPSA) is 71.2 Å². The van der Waals surface area contributed by atoms with Gasteiger partial charge in [-0.25, -0.2) is 0 Å². The van der Waals surface area contributed by atoms with Crippen LogP contribution >= 0.6 is 23.5 Å². The molecule has 0 aromatic carbocycles. The SMILES string of the molecule is CC1SCC(c2noc([C@@H]3C[C@@H](O)CN3)n2)SC1C. The first-order valence-corrected chi connectivity index (χ1v) is 8.64. The third-order valence-electron chi connectivity index (χ3n) is 3.70. The molecule has 5 atom stereocenters. The van der Waals surface area contributed by atoms with Crippen molar-refractivity contribution in [2.24, 2.45) is 0 Å². The molecule has 2 N–H and O–H groups in total. The van der Waals surface area contributed by atoms with Crippen LogP contribution in [0.2, 0.25) is 0 Å². The number of hydrogen-bond donors (Lipinski definition) is 2. The summed E-state index contributed by atoms with van der Waals surface area (Å²) < 4.78 is 5.35. The summed E-state index contributed by atoms with van der Waals surface area (Å²) in [6.07, 6.45) is 0.350. The van der Waals surface area contributed by atoms with Crippen LogP contribution in [0.15, 0.2) is 4.52 Å². The first kappa shape index (κ1) is 13.7. The van der Waals surface area contributed by atoms with Gasteiger partial charge in [-0.2, -0.15) is 16.7 Å². The Hall–Kier alpha value is -0.240. The largest absolute Gasteiger partial charge is 0.392 e. The lowest BCUT2D eigenvalue weighted by Crippen LogP contribution is -2.22. The van der Waals surface area contributed by atoms with E-state index in [-0.39, 0.29) is 12.1 Å². The van der Waals surface area contributed by atoms with E-state index in [4.69, 9.17) is 4.52 Å². The second-order valence-corrected chi connectivity index (χ2v) is 8.20. The third kappa shape index (κ3) is 2.94. The standard InChI is InChI=1S/C12H19N3O2S2/c1-6-7(2)19-10(5-18-6)11-14-12(17-15-11)9-3-8(16)4-13-9/h6-10,13,16H,3-5H2,1-2H3/t6?,7?,8-,9+,10?/m1/s1. The summed E-state index contributed by atoms with van der Waals surface area (Å²) in [5, 5.41) is 18.5. The van der Waals surface area contributed by atoms with Crippen LogP contribution in [0.5, 0.6) is 0 Å². The van der Waals surface area contributed by atoms with Crippen LogP contribution in [0.1, 0.15) is 43.3 Å². The van der Waals surface area contributed by atoms with Crippen molar-refractivity contribution in [1.82, 2.24) is 15.5 Å². The van der Waals surface area contributed by atoms with Crippen molar-refractivity contribution >= 4 is 23.5 Å². The highest BCUT2D eigenvalue weighted by atomic mass is 32.2. The van der Waals surface area contributed by atoms with E-state index in [1.54, 1.807) is 0 Å². The van der Waals surface area contributed by atoms with Gasteiger partial charge in [0.1, 0.15) is 0 Å². The smallest absolute Gasteiger partial charge is 0.243 e. The van der Waals surface area contributed by atoms with Gasteiger partial charge in [0, 0.05) is 22.8 Å². The molecule has 0 bridgehead atoms. The molecule has 2 saturated heterocycles. The van der Waals surface area contributed by atoms with Gasteiger partial charge in [0.25, 0.3) is 0 Å². The first-order chi connectivity index (χ1) is 9.13. The summed E-state index contributed by atoms with van der Waals surface area (Å²) in [5.74, 6) is 2.45. The number of β-amino-alcohol motifs (C(OH)–C–C–N with tert-alkyl or cyclic N) is 1. The van der Waals surface area contributed by atoms with Crippen LogP contribution in [-0.4, -0.2) is 44.1 Å². The summed E-state index contributed by atoms with van der Waals surface area (Å²) in [6, 6.07) is 0.00819. The molecule has 2 aliphatic heterocycles. The van der Waals surface area contributed by atoms with Crippen molar-refractivity contribution in [3.8, 4) is 0 Å². The van der Waals surface area contributed by atoms with E-state index in [2.05, 4.69) is 29.3 Å². The Balaban J connectivity index is 1.68. The minimum Gasteiger partial charge on any atom is -0.392 e. The molecule has 0 spiro atoms. The van der Waals surface area contributed by atoms with Crippen molar-refractivity contribution in [2.45, 2.75) is 48.2 Å². The minimum absolute atomic E-state index is 0.00819. The molecule has 3 unspecified atom stereocenters. The number of aliphatic hydroxyl groups is 1. The molecule has 0 amide bonds. The molecule has 0 radical (unpaired) electrons. The van der Waals surface area contributed by atoms with E-state index in [0.29, 0.717) is 34.6 Å². The van der Waals surface area contributed by atoms with E-state index in [9.17, 15) is 5.11 Å². The van der Waals surface area contributed by atoms with Crippen LogP contribution < -0.4 is 5.32 Å². The van der Waals surface area contributed by atoms with E-state index in [1.165, 1.54) is 0 Å². The van der Waals surface area contributed by atoms with Gasteiger partial charge in [0.05, 0.1) is 17.4 Å². The van der Waals surface area contributed by atoms with Gasteiger partial charge in [0.2, 0.25) is 5.89 Å². The molecule has 3 rings (SSSR count). The Bertz CT molecular complexity index is 442. The molecule has 19 heavy (non-hydrogen) atoms. The van der Waals surface area contributed by atoms with Crippen LogP contribution in [0.3, 0.4) is 0 Å². The average molecular weight is 301 g/mol. The molecule has 1 aromatic rings. The van der Waals surface area contributed by atoms with Crippen LogP contribution in [0.4, 0.5) is 0 Å². The highest BCUT2D eigenvalue weighted by Gasteiger charge is 2.32. The monoisotopic (exact) mass is 301 g/mol. The van der Waals surface area contributed by atoms with Crippen LogP contribution in [-0.2, 0) is 0 Å². The number of aliphatic hydroxyl groups excluding tert-OH is 1. The molecule has 106 valence electrons. The number of rotatable bonds is 2. The van der Waals surface area contributed by atoms with Gasteiger partial charge in [0.15, 0.2) is 5.82 Å². The average Bonchev–Trinajstić information content (AvgIpc) is 3.01. The van der Waals surface area contributed by atoms with Crippen molar-refractivity contribution in [1.29, 1.82) is 0 Å². The Kier molecular flexibility index (Phi) is 4.07. The molecule has 2 aliphatic rings. The Morgan fingerprint density at radius 1 is 1.37 bits per heavy atom. The van der Waals surface area contributed by atoms with Crippen molar-refractivity contribution in [3.05, 3.63) is 11.7 Å².